The molecule has 1 aromatic carbocycles. The Balaban J connectivity index is 1.79. The molecule has 0 fully saturated rings. The van der Waals surface area contributed by atoms with E-state index in [0.717, 1.165) is 0 Å². The van der Waals surface area contributed by atoms with E-state index in [1.165, 1.54) is 29.1 Å². The molecule has 1 heterocycles. The molecular formula is C12H12FN5O3. The highest BCUT2D eigenvalue weighted by Gasteiger charge is 2.08. The zero-order chi connectivity index (χ0) is 15.2. The summed E-state index contributed by atoms with van der Waals surface area (Å²) in [5.74, 6) is -1.71. The van der Waals surface area contributed by atoms with E-state index in [4.69, 9.17) is 5.11 Å². The molecule has 0 aliphatic carbocycles. The molecule has 9 heteroatoms. The van der Waals surface area contributed by atoms with Gasteiger partial charge in [-0.05, 0) is 12.1 Å². The van der Waals surface area contributed by atoms with Crippen LogP contribution in [0.15, 0.2) is 30.5 Å². The summed E-state index contributed by atoms with van der Waals surface area (Å²) in [6.45, 7) is 0.424. The minimum Gasteiger partial charge on any atom is -0.476 e. The first-order valence-electron chi connectivity index (χ1n) is 5.99. The van der Waals surface area contributed by atoms with Crippen LogP contribution in [-0.4, -0.2) is 38.6 Å². The lowest BCUT2D eigenvalue weighted by atomic mass is 10.3. The largest absolute Gasteiger partial charge is 0.476 e. The zero-order valence-electron chi connectivity index (χ0n) is 10.8. The molecule has 2 aromatic rings. The van der Waals surface area contributed by atoms with E-state index >= 15 is 0 Å². The minimum absolute atomic E-state index is 0.0731. The highest BCUT2D eigenvalue weighted by molar-refractivity contribution is 5.89. The maximum atomic E-state index is 13.3. The number of nitrogens with one attached hydrogen (secondary N) is 2. The quantitative estimate of drug-likeness (QED) is 0.760. The lowest BCUT2D eigenvalue weighted by Gasteiger charge is -2.07. The minimum atomic E-state index is -1.17. The smallest absolute Gasteiger partial charge is 0.358 e. The highest BCUT2D eigenvalue weighted by atomic mass is 19.1. The van der Waals surface area contributed by atoms with E-state index in [9.17, 15) is 14.0 Å². The predicted octanol–water partition coefficient (Wildman–Crippen LogP) is 0.937. The van der Waals surface area contributed by atoms with Crippen LogP contribution in [0.25, 0.3) is 0 Å². The molecule has 0 saturated heterocycles. The number of carbonyl (C=O) groups excluding carboxylic acids is 1. The highest BCUT2D eigenvalue weighted by Crippen LogP contribution is 2.11. The van der Waals surface area contributed by atoms with Crippen molar-refractivity contribution in [3.8, 4) is 0 Å². The van der Waals surface area contributed by atoms with Gasteiger partial charge in [-0.15, -0.1) is 5.10 Å². The molecule has 1 aromatic heterocycles. The van der Waals surface area contributed by atoms with Crippen LogP contribution in [0.1, 0.15) is 10.5 Å². The van der Waals surface area contributed by atoms with Crippen LogP contribution in [0.5, 0.6) is 0 Å². The molecule has 0 aliphatic rings. The van der Waals surface area contributed by atoms with Crippen LogP contribution in [0.2, 0.25) is 0 Å². The number of para-hydroxylation sites is 1. The predicted molar refractivity (Wildman–Crippen MR) is 70.4 cm³/mol. The number of aromatic carboxylic acids is 1. The van der Waals surface area contributed by atoms with E-state index in [0.29, 0.717) is 0 Å². The van der Waals surface area contributed by atoms with Crippen molar-refractivity contribution in [3.63, 3.8) is 0 Å². The van der Waals surface area contributed by atoms with Crippen molar-refractivity contribution in [1.29, 1.82) is 0 Å². The van der Waals surface area contributed by atoms with E-state index in [-0.39, 0.29) is 24.5 Å². The number of benzene rings is 1. The molecule has 0 aliphatic heterocycles. The average Bonchev–Trinajstić information content (AvgIpc) is 2.90. The van der Waals surface area contributed by atoms with Crippen LogP contribution in [-0.2, 0) is 6.54 Å². The van der Waals surface area contributed by atoms with Crippen molar-refractivity contribution in [2.75, 3.05) is 11.9 Å². The van der Waals surface area contributed by atoms with Gasteiger partial charge >= 0.3 is 12.0 Å². The molecule has 110 valence electrons. The SMILES string of the molecule is O=C(NCCn1cc(C(=O)O)nn1)Nc1ccccc1F. The van der Waals surface area contributed by atoms with Gasteiger partial charge in [-0.3, -0.25) is 0 Å². The monoisotopic (exact) mass is 293 g/mol. The van der Waals surface area contributed by atoms with E-state index < -0.39 is 17.8 Å². The third-order valence-corrected chi connectivity index (χ3v) is 2.51. The fourth-order valence-electron chi connectivity index (χ4n) is 1.52. The molecule has 2 amide bonds. The maximum Gasteiger partial charge on any atom is 0.358 e. The molecule has 0 atom stereocenters. The molecule has 2 rings (SSSR count). The summed E-state index contributed by atoms with van der Waals surface area (Å²) in [6, 6.07) is 5.22. The summed E-state index contributed by atoms with van der Waals surface area (Å²) in [5, 5.41) is 20.5. The Hall–Kier alpha value is -2.97. The van der Waals surface area contributed by atoms with Crippen molar-refractivity contribution in [3.05, 3.63) is 42.0 Å². The summed E-state index contributed by atoms with van der Waals surface area (Å²) in [6.07, 6.45) is 1.25. The number of aromatic nitrogens is 3. The number of halogens is 1. The van der Waals surface area contributed by atoms with E-state index in [1.54, 1.807) is 6.07 Å². The van der Waals surface area contributed by atoms with Crippen molar-refractivity contribution in [1.82, 2.24) is 20.3 Å². The van der Waals surface area contributed by atoms with E-state index in [1.807, 2.05) is 0 Å². The number of nitrogens with zero attached hydrogens (tertiary/aromatic N) is 3. The second kappa shape index (κ2) is 6.46. The second-order valence-corrected chi connectivity index (χ2v) is 4.03. The summed E-state index contributed by atoms with van der Waals surface area (Å²) in [4.78, 5) is 22.1. The van der Waals surface area contributed by atoms with Crippen LogP contribution in [0.3, 0.4) is 0 Å². The van der Waals surface area contributed by atoms with Crippen molar-refractivity contribution in [2.45, 2.75) is 6.54 Å². The van der Waals surface area contributed by atoms with Crippen LogP contribution in [0, 0.1) is 5.82 Å². The third-order valence-electron chi connectivity index (χ3n) is 2.51. The Bertz CT molecular complexity index is 658. The first kappa shape index (κ1) is 14.4. The third kappa shape index (κ3) is 4.00. The Labute approximate surface area is 118 Å². The molecule has 0 bridgehead atoms. The number of carbonyl (C=O) groups is 2. The number of carboxylic acid groups (broad SMARTS) is 1. The molecule has 3 N–H and O–H groups in total. The lowest BCUT2D eigenvalue weighted by Crippen LogP contribution is -2.31. The molecular weight excluding hydrogens is 281 g/mol. The number of amides is 2. The molecule has 0 unspecified atom stereocenters. The van der Waals surface area contributed by atoms with Gasteiger partial charge in [0, 0.05) is 6.54 Å². The van der Waals surface area contributed by atoms with Gasteiger partial charge in [0.15, 0.2) is 5.69 Å². The summed E-state index contributed by atoms with van der Waals surface area (Å²) in [7, 11) is 0. The Morgan fingerprint density at radius 1 is 1.33 bits per heavy atom. The van der Waals surface area contributed by atoms with Gasteiger partial charge < -0.3 is 15.7 Å². The average molecular weight is 293 g/mol. The number of urea groups is 1. The first-order chi connectivity index (χ1) is 10.1. The van der Waals surface area contributed by atoms with Gasteiger partial charge in [0.1, 0.15) is 5.82 Å². The number of rotatable bonds is 5. The van der Waals surface area contributed by atoms with Gasteiger partial charge in [-0.25, -0.2) is 18.7 Å². The first-order valence-corrected chi connectivity index (χ1v) is 5.99. The molecule has 0 spiro atoms. The topological polar surface area (TPSA) is 109 Å². The normalized spacial score (nSPS) is 10.1. The Morgan fingerprint density at radius 2 is 2.10 bits per heavy atom. The second-order valence-electron chi connectivity index (χ2n) is 4.03. The lowest BCUT2D eigenvalue weighted by molar-refractivity contribution is 0.0690. The number of hydrogen-bond acceptors (Lipinski definition) is 4. The van der Waals surface area contributed by atoms with Gasteiger partial charge in [0.25, 0.3) is 0 Å². The van der Waals surface area contributed by atoms with Crippen molar-refractivity contribution in [2.24, 2.45) is 0 Å². The van der Waals surface area contributed by atoms with Gasteiger partial charge in [0.2, 0.25) is 0 Å². The number of carboxylic acids is 1. The Kier molecular flexibility index (Phi) is 4.44. The van der Waals surface area contributed by atoms with Gasteiger partial charge in [0.05, 0.1) is 18.4 Å². The molecule has 0 saturated carbocycles. The standard InChI is InChI=1S/C12H12FN5O3/c13-8-3-1-2-4-9(8)15-12(21)14-5-6-18-7-10(11(19)20)16-17-18/h1-4,7H,5-6H2,(H,19,20)(H2,14,15,21). The molecule has 0 radical (unpaired) electrons. The van der Waals surface area contributed by atoms with Crippen LogP contribution < -0.4 is 10.6 Å². The molecule has 8 nitrogen and oxygen atoms in total. The van der Waals surface area contributed by atoms with Crippen LogP contribution >= 0.6 is 0 Å². The van der Waals surface area contributed by atoms with Crippen molar-refractivity contribution < 1.29 is 19.1 Å². The Morgan fingerprint density at radius 3 is 2.76 bits per heavy atom. The zero-order valence-corrected chi connectivity index (χ0v) is 10.8. The van der Waals surface area contributed by atoms with Gasteiger partial charge in [-0.1, -0.05) is 17.3 Å². The van der Waals surface area contributed by atoms with Gasteiger partial charge in [-0.2, -0.15) is 0 Å². The summed E-state index contributed by atoms with van der Waals surface area (Å²) < 4.78 is 14.6. The fourth-order valence-corrected chi connectivity index (χ4v) is 1.52. The fraction of sp³-hybridized carbons (Fsp3) is 0.167. The van der Waals surface area contributed by atoms with E-state index in [2.05, 4.69) is 20.9 Å². The molecule has 21 heavy (non-hydrogen) atoms. The maximum absolute atomic E-state index is 13.3. The number of anilines is 1. The summed E-state index contributed by atoms with van der Waals surface area (Å²) >= 11 is 0. The van der Waals surface area contributed by atoms with Crippen molar-refractivity contribution >= 4 is 17.7 Å². The van der Waals surface area contributed by atoms with Crippen LogP contribution in [0.4, 0.5) is 14.9 Å². The number of hydrogen-bond donors (Lipinski definition) is 3. The summed E-state index contributed by atoms with van der Waals surface area (Å²) in [5.41, 5.74) is -0.102.